The van der Waals surface area contributed by atoms with Gasteiger partial charge < -0.3 is 4.43 Å². The van der Waals surface area contributed by atoms with Crippen LogP contribution in [0.25, 0.3) is 0 Å². The number of hydrogen-bond donors (Lipinski definition) is 0. The van der Waals surface area contributed by atoms with Gasteiger partial charge in [0.25, 0.3) is 5.97 Å². The summed E-state index contributed by atoms with van der Waals surface area (Å²) in [7, 11) is -1.32. The van der Waals surface area contributed by atoms with Crippen LogP contribution in [0, 0.1) is 0 Å². The number of carbonyl (C=O) groups is 1. The Kier molecular flexibility index (Phi) is 8.22. The molecule has 0 atom stereocenters. The molecule has 0 aromatic heterocycles. The molecular weight excluding hydrogens is 252 g/mol. The van der Waals surface area contributed by atoms with Gasteiger partial charge in [0.1, 0.15) is 0 Å². The Hall–Kier alpha value is -1.09. The second-order valence-electron chi connectivity index (χ2n) is 5.06. The van der Waals surface area contributed by atoms with Crippen LogP contribution >= 0.6 is 0 Å². The van der Waals surface area contributed by atoms with Crippen LogP contribution in [0.4, 0.5) is 0 Å². The minimum Gasteiger partial charge on any atom is -0.522 e. The Bertz CT molecular complexity index is 343. The summed E-state index contributed by atoms with van der Waals surface area (Å²) in [6, 6.07) is 12.1. The molecule has 0 aliphatic carbocycles. The molecule has 0 amide bonds. The molecule has 0 saturated carbocycles. The van der Waals surface area contributed by atoms with Crippen LogP contribution in [0.15, 0.2) is 30.3 Å². The van der Waals surface area contributed by atoms with E-state index >= 15 is 0 Å². The quantitative estimate of drug-likeness (QED) is 0.636. The summed E-state index contributed by atoms with van der Waals surface area (Å²) in [5, 5.41) is 0. The first-order valence-electron chi connectivity index (χ1n) is 7.49. The molecule has 106 valence electrons. The molecule has 0 bridgehead atoms. The highest BCUT2D eigenvalue weighted by Gasteiger charge is 2.16. The van der Waals surface area contributed by atoms with Gasteiger partial charge in [0.15, 0.2) is 0 Å². The molecule has 0 radical (unpaired) electrons. The molecule has 1 aromatic rings. The van der Waals surface area contributed by atoms with Crippen LogP contribution < -0.4 is 0 Å². The van der Waals surface area contributed by atoms with Crippen molar-refractivity contribution in [3.63, 3.8) is 0 Å². The molecule has 0 aliphatic rings. The van der Waals surface area contributed by atoms with Gasteiger partial charge in [0, 0.05) is 0 Å². The Morgan fingerprint density at radius 2 is 1.63 bits per heavy atom. The topological polar surface area (TPSA) is 26.3 Å². The van der Waals surface area contributed by atoms with E-state index in [1.54, 1.807) is 0 Å². The number of hydrogen-bond acceptors (Lipinski definition) is 2. The summed E-state index contributed by atoms with van der Waals surface area (Å²) >= 11 is 0. The normalized spacial score (nSPS) is 10.7. The molecule has 0 heterocycles. The van der Waals surface area contributed by atoms with Gasteiger partial charge in [-0.05, 0) is 17.7 Å². The summed E-state index contributed by atoms with van der Waals surface area (Å²) < 4.78 is 5.76. The van der Waals surface area contributed by atoms with Gasteiger partial charge in [-0.1, -0.05) is 69.9 Å². The van der Waals surface area contributed by atoms with Gasteiger partial charge in [0.2, 0.25) is 9.04 Å². The van der Waals surface area contributed by atoms with Crippen LogP contribution in [0.5, 0.6) is 0 Å². The van der Waals surface area contributed by atoms with Crippen LogP contribution in [0.3, 0.4) is 0 Å². The Balaban J connectivity index is 2.41. The van der Waals surface area contributed by atoms with E-state index in [2.05, 4.69) is 13.8 Å². The molecule has 19 heavy (non-hydrogen) atoms. The lowest BCUT2D eigenvalue weighted by Gasteiger charge is -2.16. The predicted molar refractivity (Wildman–Crippen MR) is 82.8 cm³/mol. The highest BCUT2D eigenvalue weighted by atomic mass is 28.3. The van der Waals surface area contributed by atoms with Gasteiger partial charge in [-0.15, -0.1) is 0 Å². The van der Waals surface area contributed by atoms with Gasteiger partial charge in [-0.25, -0.2) is 0 Å². The van der Waals surface area contributed by atoms with Crippen molar-refractivity contribution < 1.29 is 9.22 Å². The first-order valence-corrected chi connectivity index (χ1v) is 9.60. The van der Waals surface area contributed by atoms with Gasteiger partial charge >= 0.3 is 0 Å². The molecule has 0 spiro atoms. The van der Waals surface area contributed by atoms with E-state index in [1.807, 2.05) is 30.3 Å². The minimum absolute atomic E-state index is 0.0323. The SMILES string of the molecule is CCCC[SiH](CCCC)OC(=O)Cc1ccccc1. The second kappa shape index (κ2) is 9.79. The Morgan fingerprint density at radius 3 is 2.16 bits per heavy atom. The average molecular weight is 278 g/mol. The fourth-order valence-corrected chi connectivity index (χ4v) is 4.82. The summed E-state index contributed by atoms with van der Waals surface area (Å²) in [5.74, 6) is -0.0323. The molecule has 0 fully saturated rings. The number of benzene rings is 1. The number of rotatable bonds is 9. The summed E-state index contributed by atoms with van der Waals surface area (Å²) in [6.07, 6.45) is 5.18. The van der Waals surface area contributed by atoms with Gasteiger partial charge in [0.05, 0.1) is 6.42 Å². The van der Waals surface area contributed by atoms with Crippen LogP contribution in [-0.4, -0.2) is 15.0 Å². The molecule has 3 heteroatoms. The molecule has 0 aliphatic heterocycles. The van der Waals surface area contributed by atoms with Crippen molar-refractivity contribution in [2.75, 3.05) is 0 Å². The maximum Gasteiger partial charge on any atom is 0.296 e. The summed E-state index contributed by atoms with van der Waals surface area (Å²) in [4.78, 5) is 12.0. The standard InChI is InChI=1S/C16H26O2Si/c1-3-5-12-19(13-6-4-2)18-16(17)14-15-10-8-7-9-11-15/h7-11,19H,3-6,12-14H2,1-2H3. The van der Waals surface area contributed by atoms with Gasteiger partial charge in [-0.2, -0.15) is 0 Å². The van der Waals surface area contributed by atoms with Crippen LogP contribution in [0.2, 0.25) is 12.1 Å². The predicted octanol–water partition coefficient (Wildman–Crippen LogP) is 4.10. The average Bonchev–Trinajstić information content (AvgIpc) is 2.43. The lowest BCUT2D eigenvalue weighted by Crippen LogP contribution is -2.23. The third-order valence-electron chi connectivity index (χ3n) is 3.25. The van der Waals surface area contributed by atoms with Crippen molar-refractivity contribution >= 4 is 15.0 Å². The Labute approximate surface area is 118 Å². The highest BCUT2D eigenvalue weighted by Crippen LogP contribution is 2.12. The zero-order chi connectivity index (χ0) is 13.9. The van der Waals surface area contributed by atoms with Crippen molar-refractivity contribution in [1.82, 2.24) is 0 Å². The van der Waals surface area contributed by atoms with Crippen molar-refractivity contribution in [3.8, 4) is 0 Å². The van der Waals surface area contributed by atoms with Crippen molar-refractivity contribution in [1.29, 1.82) is 0 Å². The fraction of sp³-hybridized carbons (Fsp3) is 0.562. The molecule has 0 unspecified atom stereocenters. The molecule has 1 aromatic carbocycles. The van der Waals surface area contributed by atoms with Crippen molar-refractivity contribution in [2.45, 2.75) is 58.0 Å². The maximum atomic E-state index is 12.0. The molecule has 2 nitrogen and oxygen atoms in total. The summed E-state index contributed by atoms with van der Waals surface area (Å²) in [5.41, 5.74) is 1.05. The molecule has 0 saturated heterocycles. The fourth-order valence-electron chi connectivity index (χ4n) is 2.12. The molecule has 1 rings (SSSR count). The molecule has 0 N–H and O–H groups in total. The van der Waals surface area contributed by atoms with E-state index in [9.17, 15) is 4.79 Å². The first-order chi connectivity index (χ1) is 9.26. The Morgan fingerprint density at radius 1 is 1.05 bits per heavy atom. The van der Waals surface area contributed by atoms with Crippen molar-refractivity contribution in [3.05, 3.63) is 35.9 Å². The second-order valence-corrected chi connectivity index (χ2v) is 7.69. The van der Waals surface area contributed by atoms with E-state index < -0.39 is 9.04 Å². The largest absolute Gasteiger partial charge is 0.522 e. The number of unbranched alkanes of at least 4 members (excludes halogenated alkanes) is 2. The zero-order valence-electron chi connectivity index (χ0n) is 12.2. The van der Waals surface area contributed by atoms with E-state index in [0.29, 0.717) is 6.42 Å². The van der Waals surface area contributed by atoms with E-state index in [0.717, 1.165) is 17.7 Å². The van der Waals surface area contributed by atoms with Crippen molar-refractivity contribution in [2.24, 2.45) is 0 Å². The highest BCUT2D eigenvalue weighted by molar-refractivity contribution is 6.53. The third-order valence-corrected chi connectivity index (χ3v) is 5.95. The smallest absolute Gasteiger partial charge is 0.296 e. The lowest BCUT2D eigenvalue weighted by molar-refractivity contribution is -0.134. The van der Waals surface area contributed by atoms with E-state index in [1.165, 1.54) is 25.7 Å². The van der Waals surface area contributed by atoms with Crippen LogP contribution in [0.1, 0.15) is 45.1 Å². The minimum atomic E-state index is -1.32. The maximum absolute atomic E-state index is 12.0. The van der Waals surface area contributed by atoms with E-state index in [4.69, 9.17) is 4.43 Å². The first kappa shape index (κ1) is 16.0. The lowest BCUT2D eigenvalue weighted by atomic mass is 10.2. The van der Waals surface area contributed by atoms with Gasteiger partial charge in [-0.3, -0.25) is 4.79 Å². The zero-order valence-corrected chi connectivity index (χ0v) is 13.4. The van der Waals surface area contributed by atoms with Crippen LogP contribution in [-0.2, 0) is 15.6 Å². The third kappa shape index (κ3) is 7.16. The summed E-state index contributed by atoms with van der Waals surface area (Å²) in [6.45, 7) is 4.38. The number of carbonyl (C=O) groups excluding carboxylic acids is 1. The molecular formula is C16H26O2Si. The monoisotopic (exact) mass is 278 g/mol. The van der Waals surface area contributed by atoms with E-state index in [-0.39, 0.29) is 5.97 Å².